The summed E-state index contributed by atoms with van der Waals surface area (Å²) < 4.78 is 0. The summed E-state index contributed by atoms with van der Waals surface area (Å²) in [7, 11) is 0. The fourth-order valence-electron chi connectivity index (χ4n) is 3.40. The van der Waals surface area contributed by atoms with E-state index in [-0.39, 0.29) is 17.0 Å². The molecule has 1 aromatic rings. The molecule has 0 aromatic carbocycles. The second kappa shape index (κ2) is 7.96. The molecule has 5 nitrogen and oxygen atoms in total. The molecule has 23 heavy (non-hydrogen) atoms. The maximum atomic E-state index is 12.1. The van der Waals surface area contributed by atoms with E-state index in [0.717, 1.165) is 17.8 Å². The highest BCUT2D eigenvalue weighted by Crippen LogP contribution is 2.22. The second-order valence-corrected chi connectivity index (χ2v) is 6.48. The van der Waals surface area contributed by atoms with E-state index in [1.807, 2.05) is 13.0 Å². The molecule has 1 heterocycles. The van der Waals surface area contributed by atoms with Gasteiger partial charge in [-0.3, -0.25) is 9.59 Å². The molecule has 1 aromatic heterocycles. The Morgan fingerprint density at radius 3 is 2.65 bits per heavy atom. The van der Waals surface area contributed by atoms with E-state index in [0.29, 0.717) is 24.3 Å². The molecular formula is C18H25N3O2. The van der Waals surface area contributed by atoms with Crippen LogP contribution in [0.5, 0.6) is 0 Å². The van der Waals surface area contributed by atoms with Gasteiger partial charge in [-0.25, -0.2) is 0 Å². The highest BCUT2D eigenvalue weighted by atomic mass is 16.1. The minimum atomic E-state index is -0.354. The molecule has 1 amide bonds. The minimum Gasteiger partial charge on any atom is -0.356 e. The van der Waals surface area contributed by atoms with Gasteiger partial charge in [-0.2, -0.15) is 5.26 Å². The lowest BCUT2D eigenvalue weighted by Gasteiger charge is -2.21. The van der Waals surface area contributed by atoms with Gasteiger partial charge in [0.1, 0.15) is 11.6 Å². The Hall–Kier alpha value is -2.09. The Morgan fingerprint density at radius 1 is 1.30 bits per heavy atom. The number of amides is 1. The van der Waals surface area contributed by atoms with Crippen LogP contribution in [-0.2, 0) is 11.2 Å². The average Bonchev–Trinajstić information content (AvgIpc) is 2.53. The van der Waals surface area contributed by atoms with Crippen LogP contribution in [0.1, 0.15) is 60.9 Å². The first kappa shape index (κ1) is 17.3. The SMILES string of the molecule is Cc1[nH]c(=O)c(C#N)c(C)c1CCC(=O)NCC1CCCCC1. The van der Waals surface area contributed by atoms with Gasteiger partial charge in [0.05, 0.1) is 0 Å². The van der Waals surface area contributed by atoms with Crippen LogP contribution >= 0.6 is 0 Å². The summed E-state index contributed by atoms with van der Waals surface area (Å²) in [4.78, 5) is 26.5. The lowest BCUT2D eigenvalue weighted by molar-refractivity contribution is -0.121. The first-order valence-electron chi connectivity index (χ1n) is 8.42. The van der Waals surface area contributed by atoms with Crippen LogP contribution in [-0.4, -0.2) is 17.4 Å². The zero-order valence-corrected chi connectivity index (χ0v) is 14.0. The van der Waals surface area contributed by atoms with Crippen molar-refractivity contribution in [2.45, 2.75) is 58.8 Å². The molecule has 124 valence electrons. The number of hydrogen-bond donors (Lipinski definition) is 2. The average molecular weight is 315 g/mol. The second-order valence-electron chi connectivity index (χ2n) is 6.48. The normalized spacial score (nSPS) is 15.2. The Balaban J connectivity index is 1.91. The number of rotatable bonds is 5. The molecule has 5 heteroatoms. The van der Waals surface area contributed by atoms with E-state index >= 15 is 0 Å². The summed E-state index contributed by atoms with van der Waals surface area (Å²) >= 11 is 0. The molecule has 1 aliphatic rings. The van der Waals surface area contributed by atoms with Gasteiger partial charge in [0, 0.05) is 18.7 Å². The summed E-state index contributed by atoms with van der Waals surface area (Å²) in [5.41, 5.74) is 2.12. The highest BCUT2D eigenvalue weighted by Gasteiger charge is 2.16. The molecule has 1 aliphatic carbocycles. The number of H-pyrrole nitrogens is 1. The van der Waals surface area contributed by atoms with Crippen molar-refractivity contribution in [1.82, 2.24) is 10.3 Å². The lowest BCUT2D eigenvalue weighted by atomic mass is 9.89. The van der Waals surface area contributed by atoms with E-state index in [1.54, 1.807) is 6.92 Å². The Labute approximate surface area is 137 Å². The van der Waals surface area contributed by atoms with Crippen LogP contribution in [0.4, 0.5) is 0 Å². The van der Waals surface area contributed by atoms with Crippen LogP contribution in [0.15, 0.2) is 4.79 Å². The molecule has 0 saturated heterocycles. The van der Waals surface area contributed by atoms with E-state index in [4.69, 9.17) is 5.26 Å². The summed E-state index contributed by atoms with van der Waals surface area (Å²) in [5, 5.41) is 12.1. The van der Waals surface area contributed by atoms with Gasteiger partial charge in [0.2, 0.25) is 5.91 Å². The van der Waals surface area contributed by atoms with Crippen LogP contribution in [0.25, 0.3) is 0 Å². The summed E-state index contributed by atoms with van der Waals surface area (Å²) in [6.45, 7) is 4.35. The molecule has 0 aliphatic heterocycles. The maximum Gasteiger partial charge on any atom is 0.266 e. The predicted octanol–water partition coefficient (Wildman–Crippen LogP) is 2.49. The molecule has 0 radical (unpaired) electrons. The number of hydrogen-bond acceptors (Lipinski definition) is 3. The van der Waals surface area contributed by atoms with Gasteiger partial charge in [-0.05, 0) is 50.2 Å². The quantitative estimate of drug-likeness (QED) is 0.875. The van der Waals surface area contributed by atoms with Crippen molar-refractivity contribution in [3.05, 3.63) is 32.7 Å². The van der Waals surface area contributed by atoms with Crippen molar-refractivity contribution in [3.8, 4) is 6.07 Å². The maximum absolute atomic E-state index is 12.1. The minimum absolute atomic E-state index is 0.0408. The van der Waals surface area contributed by atoms with Crippen molar-refractivity contribution in [2.75, 3.05) is 6.54 Å². The molecule has 0 atom stereocenters. The van der Waals surface area contributed by atoms with Gasteiger partial charge < -0.3 is 10.3 Å². The van der Waals surface area contributed by atoms with E-state index in [1.165, 1.54) is 32.1 Å². The first-order valence-corrected chi connectivity index (χ1v) is 8.42. The van der Waals surface area contributed by atoms with Crippen LogP contribution in [0, 0.1) is 31.1 Å². The molecule has 0 spiro atoms. The lowest BCUT2D eigenvalue weighted by Crippen LogP contribution is -2.30. The van der Waals surface area contributed by atoms with Gasteiger partial charge >= 0.3 is 0 Å². The molecule has 2 rings (SSSR count). The van der Waals surface area contributed by atoms with Gasteiger partial charge in [0.15, 0.2) is 0 Å². The number of aromatic nitrogens is 1. The van der Waals surface area contributed by atoms with Crippen molar-refractivity contribution >= 4 is 5.91 Å². The topological polar surface area (TPSA) is 85.8 Å². The number of nitrogens with one attached hydrogen (secondary N) is 2. The van der Waals surface area contributed by atoms with Crippen LogP contribution in [0.3, 0.4) is 0 Å². The van der Waals surface area contributed by atoms with Crippen molar-refractivity contribution in [2.24, 2.45) is 5.92 Å². The Bertz CT molecular complexity index is 664. The third-order valence-electron chi connectivity index (χ3n) is 4.83. The van der Waals surface area contributed by atoms with Gasteiger partial charge in [-0.1, -0.05) is 19.3 Å². The van der Waals surface area contributed by atoms with Gasteiger partial charge in [-0.15, -0.1) is 0 Å². The third-order valence-corrected chi connectivity index (χ3v) is 4.83. The number of carbonyl (C=O) groups is 1. The number of carbonyl (C=O) groups excluding carboxylic acids is 1. The Morgan fingerprint density at radius 2 is 2.00 bits per heavy atom. The predicted molar refractivity (Wildman–Crippen MR) is 89.2 cm³/mol. The van der Waals surface area contributed by atoms with Crippen molar-refractivity contribution in [1.29, 1.82) is 5.26 Å². The van der Waals surface area contributed by atoms with E-state index in [9.17, 15) is 9.59 Å². The van der Waals surface area contributed by atoms with Crippen molar-refractivity contribution < 1.29 is 4.79 Å². The monoisotopic (exact) mass is 315 g/mol. The molecule has 0 unspecified atom stereocenters. The van der Waals surface area contributed by atoms with Crippen LogP contribution < -0.4 is 10.9 Å². The van der Waals surface area contributed by atoms with E-state index < -0.39 is 0 Å². The Kier molecular flexibility index (Phi) is 5.97. The smallest absolute Gasteiger partial charge is 0.266 e. The third kappa shape index (κ3) is 4.44. The molecule has 0 bridgehead atoms. The number of aryl methyl sites for hydroxylation is 1. The zero-order chi connectivity index (χ0) is 16.8. The summed E-state index contributed by atoms with van der Waals surface area (Å²) in [5.74, 6) is 0.661. The summed E-state index contributed by atoms with van der Waals surface area (Å²) in [6.07, 6.45) is 7.20. The highest BCUT2D eigenvalue weighted by molar-refractivity contribution is 5.76. The number of aromatic amines is 1. The molecule has 1 saturated carbocycles. The zero-order valence-electron chi connectivity index (χ0n) is 14.0. The fraction of sp³-hybridized carbons (Fsp3) is 0.611. The fourth-order valence-corrected chi connectivity index (χ4v) is 3.40. The molecule has 1 fully saturated rings. The van der Waals surface area contributed by atoms with Gasteiger partial charge in [0.25, 0.3) is 5.56 Å². The molecule has 2 N–H and O–H groups in total. The number of pyridine rings is 1. The van der Waals surface area contributed by atoms with Crippen LogP contribution in [0.2, 0.25) is 0 Å². The first-order chi connectivity index (χ1) is 11.0. The summed E-state index contributed by atoms with van der Waals surface area (Å²) in [6, 6.07) is 1.94. The largest absolute Gasteiger partial charge is 0.356 e. The van der Waals surface area contributed by atoms with Crippen molar-refractivity contribution in [3.63, 3.8) is 0 Å². The van der Waals surface area contributed by atoms with E-state index in [2.05, 4.69) is 10.3 Å². The number of nitriles is 1. The number of nitrogens with zero attached hydrogens (tertiary/aromatic N) is 1. The molecular weight excluding hydrogens is 290 g/mol. The standard InChI is InChI=1S/C18H25N3O2/c1-12-15(13(2)21-18(23)16(12)10-19)8-9-17(22)20-11-14-6-4-3-5-7-14/h14H,3-9,11H2,1-2H3,(H,20,22)(H,21,23).